The molecule has 0 aliphatic rings. The summed E-state index contributed by atoms with van der Waals surface area (Å²) in [6, 6.07) is 14.4. The fourth-order valence-electron chi connectivity index (χ4n) is 2.04. The molecular weight excluding hydrogens is 266 g/mol. The molecule has 2 nitrogen and oxygen atoms in total. The molecule has 104 valence electrons. The van der Waals surface area contributed by atoms with Crippen molar-refractivity contribution in [2.24, 2.45) is 0 Å². The molecule has 3 heteroatoms. The molecule has 0 bridgehead atoms. The van der Waals surface area contributed by atoms with Crippen molar-refractivity contribution >= 4 is 17.2 Å². The number of hydrogen-bond donors (Lipinski definition) is 1. The standard InChI is InChI=1S/C17H19NOS/c1-13(2)11-17(19)18-15(16-9-6-10-20-16)12-14-7-4-3-5-8-14/h3-11,15H,12H2,1-2H3,(H,18,19). The van der Waals surface area contributed by atoms with Crippen molar-refractivity contribution in [2.75, 3.05) is 0 Å². The lowest BCUT2D eigenvalue weighted by molar-refractivity contribution is -0.117. The molecule has 2 aromatic rings. The van der Waals surface area contributed by atoms with Gasteiger partial charge in [0.05, 0.1) is 6.04 Å². The van der Waals surface area contributed by atoms with Crippen molar-refractivity contribution in [2.45, 2.75) is 26.3 Å². The first-order chi connectivity index (χ1) is 9.65. The first kappa shape index (κ1) is 14.5. The molecule has 0 radical (unpaired) electrons. The van der Waals surface area contributed by atoms with Gasteiger partial charge in [0, 0.05) is 11.0 Å². The molecule has 0 fully saturated rings. The van der Waals surface area contributed by atoms with Crippen LogP contribution in [0.2, 0.25) is 0 Å². The van der Waals surface area contributed by atoms with Gasteiger partial charge in [0.25, 0.3) is 0 Å². The number of rotatable bonds is 5. The van der Waals surface area contributed by atoms with Crippen LogP contribution in [-0.4, -0.2) is 5.91 Å². The number of carbonyl (C=O) groups excluding carboxylic acids is 1. The zero-order chi connectivity index (χ0) is 14.4. The van der Waals surface area contributed by atoms with Gasteiger partial charge in [-0.25, -0.2) is 0 Å². The van der Waals surface area contributed by atoms with Crippen molar-refractivity contribution in [3.8, 4) is 0 Å². The predicted octanol–water partition coefficient (Wildman–Crippen LogP) is 4.11. The molecule has 0 saturated carbocycles. The Labute approximate surface area is 124 Å². The van der Waals surface area contributed by atoms with Gasteiger partial charge in [-0.2, -0.15) is 0 Å². The molecule has 1 unspecified atom stereocenters. The summed E-state index contributed by atoms with van der Waals surface area (Å²) >= 11 is 1.68. The van der Waals surface area contributed by atoms with Crippen LogP contribution in [0.3, 0.4) is 0 Å². The highest BCUT2D eigenvalue weighted by Crippen LogP contribution is 2.23. The topological polar surface area (TPSA) is 29.1 Å². The maximum atomic E-state index is 12.0. The van der Waals surface area contributed by atoms with E-state index in [1.54, 1.807) is 17.4 Å². The van der Waals surface area contributed by atoms with Gasteiger partial charge in [-0.3, -0.25) is 4.79 Å². The number of hydrogen-bond acceptors (Lipinski definition) is 2. The minimum atomic E-state index is -0.0284. The minimum absolute atomic E-state index is 0.0282. The Kier molecular flexibility index (Phi) is 5.13. The van der Waals surface area contributed by atoms with E-state index < -0.39 is 0 Å². The molecule has 1 N–H and O–H groups in total. The van der Waals surface area contributed by atoms with Gasteiger partial charge in [-0.15, -0.1) is 11.3 Å². The lowest BCUT2D eigenvalue weighted by Crippen LogP contribution is -2.28. The molecule has 1 amide bonds. The number of nitrogens with one attached hydrogen (secondary N) is 1. The lowest BCUT2D eigenvalue weighted by atomic mass is 10.0. The summed E-state index contributed by atoms with van der Waals surface area (Å²) in [5, 5.41) is 5.14. The monoisotopic (exact) mass is 285 g/mol. The number of benzene rings is 1. The Balaban J connectivity index is 2.14. The smallest absolute Gasteiger partial charge is 0.244 e. The van der Waals surface area contributed by atoms with Gasteiger partial charge >= 0.3 is 0 Å². The van der Waals surface area contributed by atoms with E-state index in [1.165, 1.54) is 10.4 Å². The average molecular weight is 285 g/mol. The zero-order valence-corrected chi connectivity index (χ0v) is 12.6. The van der Waals surface area contributed by atoms with Crippen LogP contribution < -0.4 is 5.32 Å². The first-order valence-corrected chi connectivity index (χ1v) is 7.56. The summed E-state index contributed by atoms with van der Waals surface area (Å²) in [6.45, 7) is 3.86. The maximum absolute atomic E-state index is 12.0. The van der Waals surface area contributed by atoms with Gasteiger partial charge in [-0.1, -0.05) is 42.0 Å². The highest BCUT2D eigenvalue weighted by atomic mass is 32.1. The van der Waals surface area contributed by atoms with E-state index in [2.05, 4.69) is 23.5 Å². The Morgan fingerprint density at radius 1 is 1.20 bits per heavy atom. The second-order valence-electron chi connectivity index (χ2n) is 4.99. The summed E-state index contributed by atoms with van der Waals surface area (Å²) in [7, 11) is 0. The van der Waals surface area contributed by atoms with Crippen LogP contribution in [0.15, 0.2) is 59.5 Å². The summed E-state index contributed by atoms with van der Waals surface area (Å²) in [4.78, 5) is 13.2. The largest absolute Gasteiger partial charge is 0.345 e. The fraction of sp³-hybridized carbons (Fsp3) is 0.235. The van der Waals surface area contributed by atoms with Gasteiger partial charge in [-0.05, 0) is 37.3 Å². The van der Waals surface area contributed by atoms with Crippen LogP contribution >= 0.6 is 11.3 Å². The SMILES string of the molecule is CC(C)=CC(=O)NC(Cc1ccccc1)c1cccs1. The Morgan fingerprint density at radius 3 is 2.55 bits per heavy atom. The number of carbonyl (C=O) groups is 1. The van der Waals surface area contributed by atoms with Crippen LogP contribution in [0.1, 0.15) is 30.3 Å². The van der Waals surface area contributed by atoms with Crippen LogP contribution in [-0.2, 0) is 11.2 Å². The second kappa shape index (κ2) is 7.06. The Hall–Kier alpha value is -1.87. The second-order valence-corrected chi connectivity index (χ2v) is 5.97. The summed E-state index contributed by atoms with van der Waals surface area (Å²) in [6.07, 6.45) is 2.45. The molecule has 1 atom stereocenters. The maximum Gasteiger partial charge on any atom is 0.244 e. The Bertz CT molecular complexity index is 568. The average Bonchev–Trinajstić information content (AvgIpc) is 2.92. The summed E-state index contributed by atoms with van der Waals surface area (Å²) in [5.74, 6) is -0.0284. The van der Waals surface area contributed by atoms with E-state index in [-0.39, 0.29) is 11.9 Å². The quantitative estimate of drug-likeness (QED) is 0.823. The van der Waals surface area contributed by atoms with Gasteiger partial charge in [0.2, 0.25) is 5.91 Å². The van der Waals surface area contributed by atoms with E-state index in [0.717, 1.165) is 12.0 Å². The number of amides is 1. The van der Waals surface area contributed by atoms with Crippen LogP contribution in [0.25, 0.3) is 0 Å². The van der Waals surface area contributed by atoms with E-state index in [0.29, 0.717) is 0 Å². The fourth-order valence-corrected chi connectivity index (χ4v) is 2.82. The Morgan fingerprint density at radius 2 is 1.95 bits per heavy atom. The number of allylic oxidation sites excluding steroid dienone is 1. The first-order valence-electron chi connectivity index (χ1n) is 6.68. The molecule has 1 heterocycles. The molecule has 0 saturated heterocycles. The third-order valence-electron chi connectivity index (χ3n) is 2.91. The van der Waals surface area contributed by atoms with Crippen molar-refractivity contribution < 1.29 is 4.79 Å². The zero-order valence-electron chi connectivity index (χ0n) is 11.8. The van der Waals surface area contributed by atoms with E-state index >= 15 is 0 Å². The molecular formula is C17H19NOS. The third kappa shape index (κ3) is 4.35. The minimum Gasteiger partial charge on any atom is -0.345 e. The van der Waals surface area contributed by atoms with E-state index in [4.69, 9.17) is 0 Å². The van der Waals surface area contributed by atoms with Crippen LogP contribution in [0.4, 0.5) is 0 Å². The lowest BCUT2D eigenvalue weighted by Gasteiger charge is -2.17. The van der Waals surface area contributed by atoms with Gasteiger partial charge < -0.3 is 5.32 Å². The molecule has 0 aliphatic heterocycles. The third-order valence-corrected chi connectivity index (χ3v) is 3.89. The molecule has 2 rings (SSSR count). The highest BCUT2D eigenvalue weighted by Gasteiger charge is 2.15. The van der Waals surface area contributed by atoms with Crippen LogP contribution in [0, 0.1) is 0 Å². The predicted molar refractivity (Wildman–Crippen MR) is 84.8 cm³/mol. The normalized spacial score (nSPS) is 11.7. The molecule has 1 aromatic heterocycles. The summed E-state index contributed by atoms with van der Waals surface area (Å²) < 4.78 is 0. The molecule has 1 aromatic carbocycles. The van der Waals surface area contributed by atoms with Crippen molar-refractivity contribution in [3.63, 3.8) is 0 Å². The van der Waals surface area contributed by atoms with Crippen molar-refractivity contribution in [1.82, 2.24) is 5.32 Å². The summed E-state index contributed by atoms with van der Waals surface area (Å²) in [5.41, 5.74) is 2.23. The van der Waals surface area contributed by atoms with E-state index in [1.807, 2.05) is 43.5 Å². The highest BCUT2D eigenvalue weighted by molar-refractivity contribution is 7.10. The van der Waals surface area contributed by atoms with Crippen molar-refractivity contribution in [3.05, 3.63) is 69.9 Å². The van der Waals surface area contributed by atoms with Gasteiger partial charge in [0.15, 0.2) is 0 Å². The van der Waals surface area contributed by atoms with E-state index in [9.17, 15) is 4.79 Å². The van der Waals surface area contributed by atoms with Crippen molar-refractivity contribution in [1.29, 1.82) is 0 Å². The number of thiophene rings is 1. The van der Waals surface area contributed by atoms with Crippen LogP contribution in [0.5, 0.6) is 0 Å². The van der Waals surface area contributed by atoms with Gasteiger partial charge in [0.1, 0.15) is 0 Å². The molecule has 0 aliphatic carbocycles. The molecule has 20 heavy (non-hydrogen) atoms. The molecule has 0 spiro atoms.